The molecule has 0 heterocycles. The fourth-order valence-electron chi connectivity index (χ4n) is 3.55. The van der Waals surface area contributed by atoms with Gasteiger partial charge in [-0.3, -0.25) is 0 Å². The number of aryl methyl sites for hydroxylation is 2. The van der Waals surface area contributed by atoms with Crippen molar-refractivity contribution >= 4 is 33.9 Å². The lowest BCUT2D eigenvalue weighted by Crippen LogP contribution is -2.19. The number of benzene rings is 4. The largest absolute Gasteiger partial charge is 0.506 e. The standard InChI is InChI=1S/C25H23N3O3/c1-15-12-18(26)13-16(2)24(15)31-19-10-11-23(29)22(14-19)28-25(30)27-21-9-5-7-17-6-3-4-8-20(17)21/h3-14,29H,26H2,1-2H3,(H2,27,28,30). The minimum atomic E-state index is -0.469. The van der Waals surface area contributed by atoms with Gasteiger partial charge in [0.25, 0.3) is 0 Å². The molecule has 0 spiro atoms. The first-order chi connectivity index (χ1) is 14.9. The zero-order valence-corrected chi connectivity index (χ0v) is 17.3. The van der Waals surface area contributed by atoms with Crippen molar-refractivity contribution in [2.75, 3.05) is 16.4 Å². The molecule has 0 bridgehead atoms. The van der Waals surface area contributed by atoms with Gasteiger partial charge in [-0.25, -0.2) is 4.79 Å². The molecule has 0 aromatic heterocycles. The number of hydrogen-bond acceptors (Lipinski definition) is 4. The van der Waals surface area contributed by atoms with E-state index in [0.29, 0.717) is 22.9 Å². The van der Waals surface area contributed by atoms with Gasteiger partial charge in [0.15, 0.2) is 0 Å². The molecule has 4 aromatic carbocycles. The molecule has 0 aliphatic carbocycles. The highest BCUT2D eigenvalue weighted by atomic mass is 16.5. The monoisotopic (exact) mass is 413 g/mol. The van der Waals surface area contributed by atoms with Gasteiger partial charge in [-0.2, -0.15) is 0 Å². The number of nitrogens with one attached hydrogen (secondary N) is 2. The number of carbonyl (C=O) groups is 1. The molecule has 0 radical (unpaired) electrons. The Labute approximate surface area is 180 Å². The number of phenols is 1. The van der Waals surface area contributed by atoms with Gasteiger partial charge in [-0.1, -0.05) is 36.4 Å². The smallest absolute Gasteiger partial charge is 0.323 e. The van der Waals surface area contributed by atoms with E-state index in [1.165, 1.54) is 6.07 Å². The van der Waals surface area contributed by atoms with Gasteiger partial charge in [0.05, 0.1) is 11.4 Å². The van der Waals surface area contributed by atoms with E-state index in [9.17, 15) is 9.90 Å². The number of fused-ring (bicyclic) bond motifs is 1. The number of rotatable bonds is 4. The zero-order chi connectivity index (χ0) is 22.0. The van der Waals surface area contributed by atoms with Crippen molar-refractivity contribution in [3.63, 3.8) is 0 Å². The van der Waals surface area contributed by atoms with Crippen molar-refractivity contribution in [3.05, 3.63) is 83.9 Å². The van der Waals surface area contributed by atoms with E-state index >= 15 is 0 Å². The number of ether oxygens (including phenoxy) is 1. The van der Waals surface area contributed by atoms with Crippen LogP contribution in [0.3, 0.4) is 0 Å². The number of carbonyl (C=O) groups excluding carboxylic acids is 1. The Hall–Kier alpha value is -4.19. The summed E-state index contributed by atoms with van der Waals surface area (Å²) in [6, 6.07) is 21.3. The second-order valence-electron chi connectivity index (χ2n) is 7.37. The maximum absolute atomic E-state index is 12.6. The summed E-state index contributed by atoms with van der Waals surface area (Å²) in [4.78, 5) is 12.6. The lowest BCUT2D eigenvalue weighted by atomic mass is 10.1. The molecule has 31 heavy (non-hydrogen) atoms. The van der Waals surface area contributed by atoms with E-state index in [1.54, 1.807) is 12.1 Å². The van der Waals surface area contributed by atoms with Crippen molar-refractivity contribution in [2.45, 2.75) is 13.8 Å². The maximum atomic E-state index is 12.6. The van der Waals surface area contributed by atoms with Crippen molar-refractivity contribution in [2.24, 2.45) is 0 Å². The van der Waals surface area contributed by atoms with Crippen molar-refractivity contribution in [1.82, 2.24) is 0 Å². The zero-order valence-electron chi connectivity index (χ0n) is 17.3. The third kappa shape index (κ3) is 4.38. The Kier molecular flexibility index (Phi) is 5.37. The highest BCUT2D eigenvalue weighted by Crippen LogP contribution is 2.34. The molecule has 5 N–H and O–H groups in total. The number of nitrogen functional groups attached to an aromatic ring is 1. The van der Waals surface area contributed by atoms with Crippen LogP contribution in [0.25, 0.3) is 10.8 Å². The number of phenolic OH excluding ortho intramolecular Hbond substituents is 1. The molecule has 6 nitrogen and oxygen atoms in total. The third-order valence-electron chi connectivity index (χ3n) is 4.96. The highest BCUT2D eigenvalue weighted by Gasteiger charge is 2.12. The van der Waals surface area contributed by atoms with Gasteiger partial charge in [0.1, 0.15) is 17.2 Å². The molecule has 4 rings (SSSR count). The van der Waals surface area contributed by atoms with Gasteiger partial charge < -0.3 is 26.2 Å². The van der Waals surface area contributed by atoms with Crippen LogP contribution in [0.2, 0.25) is 0 Å². The molecule has 2 amide bonds. The Bertz CT molecular complexity index is 1260. The maximum Gasteiger partial charge on any atom is 0.323 e. The molecular weight excluding hydrogens is 390 g/mol. The van der Waals surface area contributed by atoms with Crippen molar-refractivity contribution in [1.29, 1.82) is 0 Å². The Morgan fingerprint density at radius 2 is 1.55 bits per heavy atom. The highest BCUT2D eigenvalue weighted by molar-refractivity contribution is 6.06. The number of amides is 2. The summed E-state index contributed by atoms with van der Waals surface area (Å²) < 4.78 is 6.01. The van der Waals surface area contributed by atoms with Crippen LogP contribution in [0, 0.1) is 13.8 Å². The number of nitrogens with two attached hydrogens (primary N) is 1. The van der Waals surface area contributed by atoms with E-state index in [2.05, 4.69) is 10.6 Å². The fourth-order valence-corrected chi connectivity index (χ4v) is 3.55. The SMILES string of the molecule is Cc1cc(N)cc(C)c1Oc1ccc(O)c(NC(=O)Nc2cccc3ccccc23)c1. The van der Waals surface area contributed by atoms with Crippen molar-refractivity contribution < 1.29 is 14.6 Å². The molecule has 0 atom stereocenters. The lowest BCUT2D eigenvalue weighted by molar-refractivity contribution is 0.262. The molecule has 6 heteroatoms. The van der Waals surface area contributed by atoms with Crippen LogP contribution >= 0.6 is 0 Å². The van der Waals surface area contributed by atoms with Gasteiger partial charge >= 0.3 is 6.03 Å². The summed E-state index contributed by atoms with van der Waals surface area (Å²) in [6.07, 6.45) is 0. The fraction of sp³-hybridized carbons (Fsp3) is 0.0800. The van der Waals surface area contributed by atoms with Crippen LogP contribution in [-0.2, 0) is 0 Å². The van der Waals surface area contributed by atoms with Crippen LogP contribution in [0.1, 0.15) is 11.1 Å². The summed E-state index contributed by atoms with van der Waals surface area (Å²) in [7, 11) is 0. The molecule has 4 aromatic rings. The minimum absolute atomic E-state index is 0.0637. The Morgan fingerprint density at radius 1 is 0.871 bits per heavy atom. The second-order valence-corrected chi connectivity index (χ2v) is 7.37. The molecule has 0 aliphatic rings. The van der Waals surface area contributed by atoms with Gasteiger partial charge in [0, 0.05) is 17.1 Å². The summed E-state index contributed by atoms with van der Waals surface area (Å²) in [5, 5.41) is 17.7. The van der Waals surface area contributed by atoms with Crippen LogP contribution in [-0.4, -0.2) is 11.1 Å². The summed E-state index contributed by atoms with van der Waals surface area (Å²) >= 11 is 0. The summed E-state index contributed by atoms with van der Waals surface area (Å²) in [5.41, 5.74) is 9.25. The number of hydrogen-bond donors (Lipinski definition) is 4. The summed E-state index contributed by atoms with van der Waals surface area (Å²) in [5.74, 6) is 1.10. The molecule has 0 aliphatic heterocycles. The van der Waals surface area contributed by atoms with Gasteiger partial charge in [0.2, 0.25) is 0 Å². The average Bonchev–Trinajstić information content (AvgIpc) is 2.73. The van der Waals surface area contributed by atoms with Crippen LogP contribution in [0.15, 0.2) is 72.8 Å². The Balaban J connectivity index is 1.54. The van der Waals surface area contributed by atoms with Gasteiger partial charge in [-0.15, -0.1) is 0 Å². The molecule has 156 valence electrons. The molecule has 0 saturated heterocycles. The van der Waals surface area contributed by atoms with E-state index in [-0.39, 0.29) is 11.4 Å². The topological polar surface area (TPSA) is 96.6 Å². The lowest BCUT2D eigenvalue weighted by Gasteiger charge is -2.15. The van der Waals surface area contributed by atoms with E-state index < -0.39 is 6.03 Å². The molecular formula is C25H23N3O3. The first-order valence-corrected chi connectivity index (χ1v) is 9.84. The number of urea groups is 1. The Morgan fingerprint density at radius 3 is 2.32 bits per heavy atom. The van der Waals surface area contributed by atoms with Gasteiger partial charge in [-0.05, 0) is 60.7 Å². The van der Waals surface area contributed by atoms with E-state index in [4.69, 9.17) is 10.5 Å². The first kappa shape index (κ1) is 20.1. The molecule has 0 fully saturated rings. The third-order valence-corrected chi connectivity index (χ3v) is 4.96. The van der Waals surface area contributed by atoms with Crippen LogP contribution < -0.4 is 21.1 Å². The number of anilines is 3. The van der Waals surface area contributed by atoms with E-state index in [0.717, 1.165) is 21.9 Å². The normalized spacial score (nSPS) is 10.6. The van der Waals surface area contributed by atoms with Crippen LogP contribution in [0.5, 0.6) is 17.2 Å². The first-order valence-electron chi connectivity index (χ1n) is 9.84. The van der Waals surface area contributed by atoms with Crippen molar-refractivity contribution in [3.8, 4) is 17.2 Å². The number of aromatic hydroxyl groups is 1. The summed E-state index contributed by atoms with van der Waals surface area (Å²) in [6.45, 7) is 3.83. The predicted molar refractivity (Wildman–Crippen MR) is 125 cm³/mol. The molecule has 0 saturated carbocycles. The van der Waals surface area contributed by atoms with Crippen LogP contribution in [0.4, 0.5) is 21.9 Å². The predicted octanol–water partition coefficient (Wildman–Crippen LogP) is 6.18. The quantitative estimate of drug-likeness (QED) is 0.237. The van der Waals surface area contributed by atoms with E-state index in [1.807, 2.05) is 68.4 Å². The minimum Gasteiger partial charge on any atom is -0.506 e. The second kappa shape index (κ2) is 8.28. The molecule has 0 unspecified atom stereocenters. The average molecular weight is 413 g/mol.